The van der Waals surface area contributed by atoms with E-state index in [0.29, 0.717) is 0 Å². The van der Waals surface area contributed by atoms with Gasteiger partial charge in [0, 0.05) is 26.2 Å². The van der Waals surface area contributed by atoms with E-state index in [0.717, 1.165) is 37.5 Å². The van der Waals surface area contributed by atoms with Crippen molar-refractivity contribution in [3.05, 3.63) is 29.8 Å². The molecule has 0 aliphatic carbocycles. The minimum absolute atomic E-state index is 0.113. The number of amides is 1. The van der Waals surface area contributed by atoms with Crippen molar-refractivity contribution in [1.29, 1.82) is 0 Å². The maximum Gasteiger partial charge on any atom is 0.229 e. The largest absolute Gasteiger partial charge is 0.497 e. The van der Waals surface area contributed by atoms with E-state index in [4.69, 9.17) is 4.74 Å². The number of nitrogens with one attached hydrogen (secondary N) is 1. The second-order valence-corrected chi connectivity index (χ2v) is 4.57. The van der Waals surface area contributed by atoms with Crippen molar-refractivity contribution in [2.75, 3.05) is 33.3 Å². The molecule has 1 N–H and O–H groups in total. The van der Waals surface area contributed by atoms with Gasteiger partial charge in [0.1, 0.15) is 5.75 Å². The van der Waals surface area contributed by atoms with Crippen LogP contribution in [0.4, 0.5) is 0 Å². The highest BCUT2D eigenvalue weighted by Crippen LogP contribution is 2.22. The third-order valence-corrected chi connectivity index (χ3v) is 3.39. The van der Waals surface area contributed by atoms with Crippen LogP contribution in [0.15, 0.2) is 24.3 Å². The summed E-state index contributed by atoms with van der Waals surface area (Å²) in [5.41, 5.74) is 1.01. The molecule has 1 aliphatic rings. The van der Waals surface area contributed by atoms with Gasteiger partial charge >= 0.3 is 0 Å². The van der Waals surface area contributed by atoms with Gasteiger partial charge in [0.15, 0.2) is 0 Å². The molecule has 0 spiro atoms. The highest BCUT2D eigenvalue weighted by Gasteiger charge is 2.23. The Morgan fingerprint density at radius 3 is 2.78 bits per heavy atom. The Morgan fingerprint density at radius 2 is 2.11 bits per heavy atom. The Balaban J connectivity index is 2.09. The van der Waals surface area contributed by atoms with Gasteiger partial charge in [0.25, 0.3) is 0 Å². The van der Waals surface area contributed by atoms with Crippen LogP contribution in [0.5, 0.6) is 5.75 Å². The van der Waals surface area contributed by atoms with Gasteiger partial charge in [-0.25, -0.2) is 0 Å². The first-order valence-corrected chi connectivity index (χ1v) is 6.36. The summed E-state index contributed by atoms with van der Waals surface area (Å²) in [6.45, 7) is 5.33. The number of rotatable bonds is 3. The lowest BCUT2D eigenvalue weighted by Crippen LogP contribution is -2.47. The first-order valence-electron chi connectivity index (χ1n) is 6.36. The molecule has 1 saturated heterocycles. The van der Waals surface area contributed by atoms with Gasteiger partial charge in [-0.3, -0.25) is 4.79 Å². The molecule has 2 rings (SSSR count). The summed E-state index contributed by atoms with van der Waals surface area (Å²) in [6, 6.07) is 7.74. The molecule has 1 atom stereocenters. The summed E-state index contributed by atoms with van der Waals surface area (Å²) in [4.78, 5) is 14.3. The first kappa shape index (κ1) is 12.9. The summed E-state index contributed by atoms with van der Waals surface area (Å²) in [7, 11) is 1.64. The Bertz CT molecular complexity index is 414. The van der Waals surface area contributed by atoms with E-state index in [9.17, 15) is 4.79 Å². The molecule has 98 valence electrons. The predicted molar refractivity (Wildman–Crippen MR) is 70.9 cm³/mol. The molecule has 1 aromatic rings. The lowest BCUT2D eigenvalue weighted by molar-refractivity contribution is -0.133. The lowest BCUT2D eigenvalue weighted by atomic mass is 9.99. The maximum absolute atomic E-state index is 12.4. The van der Waals surface area contributed by atoms with Crippen LogP contribution in [-0.2, 0) is 4.79 Å². The van der Waals surface area contributed by atoms with Gasteiger partial charge in [0.05, 0.1) is 13.0 Å². The minimum atomic E-state index is -0.113. The highest BCUT2D eigenvalue weighted by atomic mass is 16.5. The zero-order valence-electron chi connectivity index (χ0n) is 11.0. The van der Waals surface area contributed by atoms with E-state index in [-0.39, 0.29) is 11.8 Å². The van der Waals surface area contributed by atoms with Crippen molar-refractivity contribution in [3.63, 3.8) is 0 Å². The molecule has 1 unspecified atom stereocenters. The summed E-state index contributed by atoms with van der Waals surface area (Å²) >= 11 is 0. The summed E-state index contributed by atoms with van der Waals surface area (Å²) in [5, 5.41) is 3.25. The molecular formula is C14H20N2O2. The van der Waals surface area contributed by atoms with Crippen LogP contribution < -0.4 is 10.1 Å². The summed E-state index contributed by atoms with van der Waals surface area (Å²) in [5.74, 6) is 0.885. The molecule has 0 saturated carbocycles. The van der Waals surface area contributed by atoms with Crippen molar-refractivity contribution in [2.45, 2.75) is 12.8 Å². The molecule has 1 aliphatic heterocycles. The zero-order chi connectivity index (χ0) is 13.0. The van der Waals surface area contributed by atoms with E-state index in [2.05, 4.69) is 5.32 Å². The molecule has 1 fully saturated rings. The molecule has 18 heavy (non-hydrogen) atoms. The van der Waals surface area contributed by atoms with E-state index in [1.165, 1.54) is 0 Å². The van der Waals surface area contributed by atoms with Crippen molar-refractivity contribution in [2.24, 2.45) is 0 Å². The Morgan fingerprint density at radius 1 is 1.39 bits per heavy atom. The molecule has 0 radical (unpaired) electrons. The van der Waals surface area contributed by atoms with Crippen LogP contribution in [0.1, 0.15) is 18.4 Å². The molecule has 1 heterocycles. The topological polar surface area (TPSA) is 41.6 Å². The molecule has 4 nitrogen and oxygen atoms in total. The van der Waals surface area contributed by atoms with Gasteiger partial charge in [-0.05, 0) is 24.6 Å². The third-order valence-electron chi connectivity index (χ3n) is 3.39. The molecular weight excluding hydrogens is 228 g/mol. The minimum Gasteiger partial charge on any atom is -0.497 e. The van der Waals surface area contributed by atoms with Gasteiger partial charge in [-0.15, -0.1) is 0 Å². The fourth-order valence-corrected chi connectivity index (χ4v) is 2.21. The van der Waals surface area contributed by atoms with Gasteiger partial charge in [0.2, 0.25) is 5.91 Å². The number of piperazine rings is 1. The lowest BCUT2D eigenvalue weighted by Gasteiger charge is -2.30. The second-order valence-electron chi connectivity index (χ2n) is 4.57. The Kier molecular flexibility index (Phi) is 4.20. The van der Waals surface area contributed by atoms with Crippen LogP contribution in [0.25, 0.3) is 0 Å². The second kappa shape index (κ2) is 5.87. The average molecular weight is 248 g/mol. The molecule has 4 heteroatoms. The smallest absolute Gasteiger partial charge is 0.229 e. The number of ether oxygens (including phenoxy) is 1. The predicted octanol–water partition coefficient (Wildman–Crippen LogP) is 1.23. The quantitative estimate of drug-likeness (QED) is 0.875. The number of hydrogen-bond donors (Lipinski definition) is 1. The van der Waals surface area contributed by atoms with E-state index in [1.807, 2.05) is 36.1 Å². The Labute approximate surface area is 108 Å². The standard InChI is InChI=1S/C14H20N2O2/c1-11(12-4-3-5-13(10-12)18-2)14(17)16-8-6-15-7-9-16/h3-5,10-11,15H,6-9H2,1-2H3. The van der Waals surface area contributed by atoms with Crippen LogP contribution in [0.3, 0.4) is 0 Å². The van der Waals surface area contributed by atoms with Crippen molar-refractivity contribution in [1.82, 2.24) is 10.2 Å². The van der Waals surface area contributed by atoms with Crippen molar-refractivity contribution < 1.29 is 9.53 Å². The SMILES string of the molecule is COc1cccc(C(C)C(=O)N2CCNCC2)c1. The molecule has 0 bridgehead atoms. The first-order chi connectivity index (χ1) is 8.72. The summed E-state index contributed by atoms with van der Waals surface area (Å²) in [6.07, 6.45) is 0. The monoisotopic (exact) mass is 248 g/mol. The van der Waals surface area contributed by atoms with E-state index < -0.39 is 0 Å². The van der Waals surface area contributed by atoms with Gasteiger partial charge in [-0.2, -0.15) is 0 Å². The van der Waals surface area contributed by atoms with Gasteiger partial charge < -0.3 is 15.0 Å². The average Bonchev–Trinajstić information content (AvgIpc) is 2.46. The highest BCUT2D eigenvalue weighted by molar-refractivity contribution is 5.83. The van der Waals surface area contributed by atoms with Crippen molar-refractivity contribution in [3.8, 4) is 5.75 Å². The zero-order valence-corrected chi connectivity index (χ0v) is 11.0. The maximum atomic E-state index is 12.4. The van der Waals surface area contributed by atoms with Gasteiger partial charge in [-0.1, -0.05) is 12.1 Å². The number of hydrogen-bond acceptors (Lipinski definition) is 3. The fourth-order valence-electron chi connectivity index (χ4n) is 2.21. The van der Waals surface area contributed by atoms with Crippen molar-refractivity contribution >= 4 is 5.91 Å². The molecule has 1 aromatic carbocycles. The van der Waals surface area contributed by atoms with E-state index in [1.54, 1.807) is 7.11 Å². The van der Waals surface area contributed by atoms with E-state index >= 15 is 0 Å². The van der Waals surface area contributed by atoms with Crippen LogP contribution in [0, 0.1) is 0 Å². The number of benzene rings is 1. The molecule has 0 aromatic heterocycles. The van der Waals surface area contributed by atoms with Crippen LogP contribution in [0.2, 0.25) is 0 Å². The van der Waals surface area contributed by atoms with Crippen LogP contribution >= 0.6 is 0 Å². The fraction of sp³-hybridized carbons (Fsp3) is 0.500. The Hall–Kier alpha value is -1.55. The summed E-state index contributed by atoms with van der Waals surface area (Å²) < 4.78 is 5.20. The number of methoxy groups -OCH3 is 1. The third kappa shape index (κ3) is 2.82. The van der Waals surface area contributed by atoms with Crippen LogP contribution in [-0.4, -0.2) is 44.1 Å². The normalized spacial score (nSPS) is 17.3. The number of nitrogens with zero attached hydrogens (tertiary/aromatic N) is 1. The number of carbonyl (C=O) groups is 1. The molecule has 1 amide bonds. The number of carbonyl (C=O) groups excluding carboxylic acids is 1.